The minimum Gasteiger partial charge on any atom is -0.496 e. The van der Waals surface area contributed by atoms with E-state index in [1.165, 1.54) is 12.1 Å². The van der Waals surface area contributed by atoms with Crippen molar-refractivity contribution in [1.82, 2.24) is 5.32 Å². The van der Waals surface area contributed by atoms with Crippen LogP contribution >= 0.6 is 15.9 Å². The van der Waals surface area contributed by atoms with E-state index >= 15 is 0 Å². The Morgan fingerprint density at radius 3 is 2.29 bits per heavy atom. The summed E-state index contributed by atoms with van der Waals surface area (Å²) in [5, 5.41) is 2.98. The van der Waals surface area contributed by atoms with Crippen molar-refractivity contribution in [3.63, 3.8) is 0 Å². The quantitative estimate of drug-likeness (QED) is 0.351. The molecule has 35 heavy (non-hydrogen) atoms. The first-order valence-corrected chi connectivity index (χ1v) is 13.6. The molecule has 8 heteroatoms. The average Bonchev–Trinajstić information content (AvgIpc) is 2.82. The first kappa shape index (κ1) is 26.8. The van der Waals surface area contributed by atoms with Crippen molar-refractivity contribution >= 4 is 37.5 Å². The van der Waals surface area contributed by atoms with Gasteiger partial charge in [-0.2, -0.15) is 0 Å². The van der Waals surface area contributed by atoms with E-state index in [1.807, 2.05) is 19.9 Å². The third-order valence-corrected chi connectivity index (χ3v) is 8.08. The van der Waals surface area contributed by atoms with Gasteiger partial charge in [-0.25, -0.2) is 8.42 Å². The predicted octanol–water partition coefficient (Wildman–Crippen LogP) is 5.96. The molecular formula is C27H31BrN2O4S. The van der Waals surface area contributed by atoms with Gasteiger partial charge in [0, 0.05) is 4.47 Å². The number of hydrogen-bond donors (Lipinski definition) is 1. The highest BCUT2D eigenvalue weighted by Crippen LogP contribution is 2.32. The van der Waals surface area contributed by atoms with E-state index in [0.717, 1.165) is 26.7 Å². The number of ether oxygens (including phenoxy) is 1. The van der Waals surface area contributed by atoms with Crippen LogP contribution in [0.5, 0.6) is 5.75 Å². The van der Waals surface area contributed by atoms with Gasteiger partial charge >= 0.3 is 0 Å². The summed E-state index contributed by atoms with van der Waals surface area (Å²) in [5.41, 5.74) is 3.40. The highest BCUT2D eigenvalue weighted by atomic mass is 79.9. The van der Waals surface area contributed by atoms with Crippen molar-refractivity contribution in [2.45, 2.75) is 44.6 Å². The minimum absolute atomic E-state index is 0.119. The number of methoxy groups -OCH3 is 1. The molecule has 1 amide bonds. The van der Waals surface area contributed by atoms with Crippen LogP contribution in [0.4, 0.5) is 5.69 Å². The molecule has 0 aliphatic heterocycles. The number of aryl methyl sites for hydroxylation is 1. The monoisotopic (exact) mass is 558 g/mol. The van der Waals surface area contributed by atoms with Crippen LogP contribution in [0.15, 0.2) is 76.1 Å². The lowest BCUT2D eigenvalue weighted by atomic mass is 9.93. The van der Waals surface area contributed by atoms with Gasteiger partial charge in [-0.05, 0) is 78.9 Å². The van der Waals surface area contributed by atoms with E-state index in [1.54, 1.807) is 49.6 Å². The number of carbonyl (C=O) groups is 1. The summed E-state index contributed by atoms with van der Waals surface area (Å²) in [7, 11) is -2.32. The van der Waals surface area contributed by atoms with Gasteiger partial charge in [-0.1, -0.05) is 54.0 Å². The summed E-state index contributed by atoms with van der Waals surface area (Å²) in [4.78, 5) is 13.3. The highest BCUT2D eigenvalue weighted by molar-refractivity contribution is 9.10. The highest BCUT2D eigenvalue weighted by Gasteiger charge is 2.28. The van der Waals surface area contributed by atoms with Gasteiger partial charge in [-0.3, -0.25) is 9.10 Å². The van der Waals surface area contributed by atoms with Gasteiger partial charge in [0.25, 0.3) is 10.0 Å². The van der Waals surface area contributed by atoms with Crippen LogP contribution in [-0.4, -0.2) is 28.0 Å². The van der Waals surface area contributed by atoms with E-state index in [-0.39, 0.29) is 23.4 Å². The summed E-state index contributed by atoms with van der Waals surface area (Å²) in [6.07, 6.45) is 0. The third kappa shape index (κ3) is 6.24. The van der Waals surface area contributed by atoms with Crippen LogP contribution in [0.25, 0.3) is 0 Å². The van der Waals surface area contributed by atoms with Crippen LogP contribution in [0.3, 0.4) is 0 Å². The van der Waals surface area contributed by atoms with Crippen molar-refractivity contribution in [3.05, 3.63) is 87.9 Å². The first-order valence-electron chi connectivity index (χ1n) is 11.4. The molecule has 1 atom stereocenters. The van der Waals surface area contributed by atoms with E-state index in [4.69, 9.17) is 4.74 Å². The zero-order chi connectivity index (χ0) is 25.8. The first-order chi connectivity index (χ1) is 16.5. The largest absolute Gasteiger partial charge is 0.496 e. The molecule has 1 N–H and O–H groups in total. The number of sulfonamides is 1. The van der Waals surface area contributed by atoms with Gasteiger partial charge in [-0.15, -0.1) is 0 Å². The van der Waals surface area contributed by atoms with Crippen molar-refractivity contribution in [1.29, 1.82) is 0 Å². The summed E-state index contributed by atoms with van der Waals surface area (Å²) in [6.45, 7) is 7.68. The second-order valence-electron chi connectivity index (χ2n) is 8.70. The second-order valence-corrected chi connectivity index (χ2v) is 11.5. The minimum atomic E-state index is -3.97. The summed E-state index contributed by atoms with van der Waals surface area (Å²) in [6, 6.07) is 18.7. The maximum absolute atomic E-state index is 13.5. The molecular weight excluding hydrogens is 528 g/mol. The lowest BCUT2D eigenvalue weighted by Crippen LogP contribution is -2.41. The smallest absolute Gasteiger partial charge is 0.264 e. The molecule has 0 saturated heterocycles. The Labute approximate surface area is 216 Å². The molecule has 0 radical (unpaired) electrons. The van der Waals surface area contributed by atoms with Crippen molar-refractivity contribution in [2.24, 2.45) is 0 Å². The van der Waals surface area contributed by atoms with Gasteiger partial charge in [0.1, 0.15) is 12.3 Å². The molecule has 0 saturated carbocycles. The van der Waals surface area contributed by atoms with Crippen LogP contribution in [0, 0.1) is 6.92 Å². The molecule has 3 aromatic rings. The molecule has 3 rings (SSSR count). The molecule has 0 spiro atoms. The van der Waals surface area contributed by atoms with Crippen LogP contribution < -0.4 is 14.4 Å². The van der Waals surface area contributed by atoms with Crippen LogP contribution in [0.1, 0.15) is 49.4 Å². The number of carbonyl (C=O) groups excluding carboxylic acids is 1. The summed E-state index contributed by atoms with van der Waals surface area (Å²) in [5.74, 6) is 0.656. The Hall–Kier alpha value is -2.84. The van der Waals surface area contributed by atoms with Crippen LogP contribution in [-0.2, 0) is 14.8 Å². The van der Waals surface area contributed by atoms with Gasteiger partial charge in [0.2, 0.25) is 5.91 Å². The van der Waals surface area contributed by atoms with E-state index in [2.05, 4.69) is 41.2 Å². The van der Waals surface area contributed by atoms with Crippen molar-refractivity contribution < 1.29 is 17.9 Å². The number of anilines is 1. The molecule has 0 aliphatic rings. The lowest BCUT2D eigenvalue weighted by molar-refractivity contribution is -0.120. The Morgan fingerprint density at radius 2 is 1.69 bits per heavy atom. The summed E-state index contributed by atoms with van der Waals surface area (Å²) < 4.78 is 34.4. The maximum atomic E-state index is 13.5. The van der Waals surface area contributed by atoms with Crippen molar-refractivity contribution in [3.8, 4) is 5.75 Å². The number of benzene rings is 3. The Bertz CT molecular complexity index is 1290. The molecule has 0 heterocycles. The SMILES string of the molecule is COc1cc(C)c([C@@H](C)NC(=O)CN(c2cccc(Br)c2)S(=O)(=O)c2ccccc2)cc1C(C)C. The van der Waals surface area contributed by atoms with E-state index in [9.17, 15) is 13.2 Å². The predicted molar refractivity (Wildman–Crippen MR) is 143 cm³/mol. The number of amides is 1. The fraction of sp³-hybridized carbons (Fsp3) is 0.296. The third-order valence-electron chi connectivity index (χ3n) is 5.80. The fourth-order valence-electron chi connectivity index (χ4n) is 3.97. The standard InChI is InChI=1S/C27H31BrN2O4S/c1-18(2)24-16-25(19(3)14-26(24)34-5)20(4)29-27(31)17-30(22-11-9-10-21(28)15-22)35(32,33)23-12-7-6-8-13-23/h6-16,18,20H,17H2,1-5H3,(H,29,31)/t20-/m1/s1. The second kappa shape index (κ2) is 11.3. The zero-order valence-electron chi connectivity index (χ0n) is 20.6. The van der Waals surface area contributed by atoms with Gasteiger partial charge in [0.15, 0.2) is 0 Å². The number of nitrogens with zero attached hydrogens (tertiary/aromatic N) is 1. The molecule has 0 unspecified atom stereocenters. The topological polar surface area (TPSA) is 75.7 Å². The van der Waals surface area contributed by atoms with E-state index < -0.39 is 15.9 Å². The maximum Gasteiger partial charge on any atom is 0.264 e. The number of nitrogens with one attached hydrogen (secondary N) is 1. The van der Waals surface area contributed by atoms with Crippen molar-refractivity contribution in [2.75, 3.05) is 18.0 Å². The molecule has 186 valence electrons. The molecule has 0 aliphatic carbocycles. The summed E-state index contributed by atoms with van der Waals surface area (Å²) >= 11 is 3.40. The van der Waals surface area contributed by atoms with Gasteiger partial charge in [0.05, 0.1) is 23.7 Å². The Balaban J connectivity index is 1.91. The van der Waals surface area contributed by atoms with Gasteiger partial charge < -0.3 is 10.1 Å². The number of hydrogen-bond acceptors (Lipinski definition) is 4. The molecule has 0 fully saturated rings. The molecule has 6 nitrogen and oxygen atoms in total. The van der Waals surface area contributed by atoms with Crippen LogP contribution in [0.2, 0.25) is 0 Å². The lowest BCUT2D eigenvalue weighted by Gasteiger charge is -2.26. The van der Waals surface area contributed by atoms with E-state index in [0.29, 0.717) is 10.2 Å². The number of rotatable bonds is 9. The molecule has 0 aromatic heterocycles. The number of halogens is 1. The normalized spacial score (nSPS) is 12.3. The Kier molecular flexibility index (Phi) is 8.61. The molecule has 0 bridgehead atoms. The zero-order valence-corrected chi connectivity index (χ0v) is 23.0. The Morgan fingerprint density at radius 1 is 1.00 bits per heavy atom. The molecule has 3 aromatic carbocycles. The fourth-order valence-corrected chi connectivity index (χ4v) is 5.79. The average molecular weight is 560 g/mol.